The highest BCUT2D eigenvalue weighted by molar-refractivity contribution is 7.93. The molecule has 7 heteroatoms. The molecule has 0 spiro atoms. The van der Waals surface area contributed by atoms with E-state index < -0.39 is 15.8 Å². The van der Waals surface area contributed by atoms with Gasteiger partial charge in [0.1, 0.15) is 5.82 Å². The molecule has 0 saturated carbocycles. The lowest BCUT2D eigenvalue weighted by molar-refractivity contribution is 0.102. The molecular formula is C24H29FN2O3S. The Bertz CT molecular complexity index is 1160. The van der Waals surface area contributed by atoms with Crippen LogP contribution in [0, 0.1) is 5.82 Å². The van der Waals surface area contributed by atoms with Crippen molar-refractivity contribution < 1.29 is 17.6 Å². The van der Waals surface area contributed by atoms with Crippen molar-refractivity contribution in [2.45, 2.75) is 57.8 Å². The normalized spacial score (nSPS) is 20.9. The number of fused-ring (bicyclic) bond motifs is 1. The van der Waals surface area contributed by atoms with Gasteiger partial charge in [0.2, 0.25) is 10.0 Å². The third-order valence-corrected chi connectivity index (χ3v) is 8.54. The van der Waals surface area contributed by atoms with Crippen LogP contribution in [0.25, 0.3) is 0 Å². The summed E-state index contributed by atoms with van der Waals surface area (Å²) >= 11 is 0. The Morgan fingerprint density at radius 2 is 1.68 bits per heavy atom. The number of nitrogens with one attached hydrogen (secondary N) is 1. The number of sulfonamides is 1. The van der Waals surface area contributed by atoms with E-state index in [1.807, 2.05) is 18.2 Å². The summed E-state index contributed by atoms with van der Waals surface area (Å²) < 4.78 is 39.9. The zero-order valence-corrected chi connectivity index (χ0v) is 19.3. The van der Waals surface area contributed by atoms with Crippen LogP contribution in [-0.2, 0) is 20.9 Å². The van der Waals surface area contributed by atoms with Crippen molar-refractivity contribution in [3.63, 3.8) is 0 Å². The Balaban J connectivity index is 1.59. The van der Waals surface area contributed by atoms with Gasteiger partial charge in [-0.1, -0.05) is 33.8 Å². The lowest BCUT2D eigenvalue weighted by Gasteiger charge is -2.42. The minimum absolute atomic E-state index is 0.0177. The molecule has 2 aromatic rings. The first-order valence-electron chi connectivity index (χ1n) is 10.7. The van der Waals surface area contributed by atoms with Crippen LogP contribution in [-0.4, -0.2) is 26.6 Å². The summed E-state index contributed by atoms with van der Waals surface area (Å²) in [5.74, 6) is -0.962. The van der Waals surface area contributed by atoms with Crippen molar-refractivity contribution in [3.8, 4) is 0 Å². The van der Waals surface area contributed by atoms with E-state index in [-0.39, 0.29) is 34.7 Å². The molecule has 1 fully saturated rings. The third kappa shape index (κ3) is 3.95. The predicted molar refractivity (Wildman–Crippen MR) is 122 cm³/mol. The number of benzene rings is 2. The summed E-state index contributed by atoms with van der Waals surface area (Å²) in [4.78, 5) is 12.9. The molecule has 1 N–H and O–H groups in total. The van der Waals surface area contributed by atoms with Gasteiger partial charge in [0.15, 0.2) is 0 Å². The molecule has 2 aliphatic rings. The Morgan fingerprint density at radius 1 is 1.00 bits per heavy atom. The van der Waals surface area contributed by atoms with Crippen LogP contribution in [0.5, 0.6) is 0 Å². The molecular weight excluding hydrogens is 415 g/mol. The van der Waals surface area contributed by atoms with Crippen molar-refractivity contribution in [3.05, 3.63) is 58.9 Å². The van der Waals surface area contributed by atoms with Crippen molar-refractivity contribution >= 4 is 27.3 Å². The van der Waals surface area contributed by atoms with E-state index in [2.05, 4.69) is 33.0 Å². The van der Waals surface area contributed by atoms with E-state index in [9.17, 15) is 17.6 Å². The third-order valence-electron chi connectivity index (χ3n) is 6.69. The molecule has 31 heavy (non-hydrogen) atoms. The second kappa shape index (κ2) is 7.33. The van der Waals surface area contributed by atoms with Gasteiger partial charge >= 0.3 is 0 Å². The zero-order chi connectivity index (χ0) is 22.6. The van der Waals surface area contributed by atoms with Crippen molar-refractivity contribution in [1.29, 1.82) is 0 Å². The number of anilines is 2. The summed E-state index contributed by atoms with van der Waals surface area (Å²) in [6, 6.07) is 9.92. The molecule has 0 bridgehead atoms. The maximum absolute atomic E-state index is 14.7. The quantitative estimate of drug-likeness (QED) is 0.727. The molecule has 2 aromatic carbocycles. The molecule has 1 aliphatic heterocycles. The summed E-state index contributed by atoms with van der Waals surface area (Å²) in [6.45, 7) is 9.12. The van der Waals surface area contributed by atoms with Crippen LogP contribution in [0.1, 0.15) is 68.4 Å². The topological polar surface area (TPSA) is 66.5 Å². The summed E-state index contributed by atoms with van der Waals surface area (Å²) in [7, 11) is -3.47. The number of nitrogens with zero attached hydrogens (tertiary/aromatic N) is 1. The molecule has 1 amide bonds. The molecule has 0 unspecified atom stereocenters. The number of carbonyl (C=O) groups is 1. The molecule has 166 valence electrons. The van der Waals surface area contributed by atoms with Gasteiger partial charge in [0, 0.05) is 17.8 Å². The Labute approximate surface area is 183 Å². The second-order valence-electron chi connectivity index (χ2n) is 9.89. The van der Waals surface area contributed by atoms with Gasteiger partial charge in [-0.3, -0.25) is 9.10 Å². The van der Waals surface area contributed by atoms with E-state index in [4.69, 9.17) is 0 Å². The fourth-order valence-electron chi connectivity index (χ4n) is 4.63. The van der Waals surface area contributed by atoms with Gasteiger partial charge in [-0.25, -0.2) is 12.8 Å². The number of halogens is 1. The highest BCUT2D eigenvalue weighted by atomic mass is 32.2. The van der Waals surface area contributed by atoms with Gasteiger partial charge < -0.3 is 5.32 Å². The molecule has 1 heterocycles. The zero-order valence-electron chi connectivity index (χ0n) is 18.5. The SMILES string of the molecule is CC1(C)CCC(C)(C)c2cc(C(=O)Nc3ccc(N4CCCS4(=O)=O)c(F)c3)ccc21. The van der Waals surface area contributed by atoms with E-state index >= 15 is 0 Å². The van der Waals surface area contributed by atoms with Crippen molar-refractivity contribution in [2.75, 3.05) is 21.9 Å². The molecule has 0 atom stereocenters. The van der Waals surface area contributed by atoms with Crippen LogP contribution in [0.3, 0.4) is 0 Å². The molecule has 4 rings (SSSR count). The van der Waals surface area contributed by atoms with E-state index in [1.165, 1.54) is 29.3 Å². The van der Waals surface area contributed by atoms with Gasteiger partial charge in [-0.05, 0) is 71.6 Å². The Hall–Kier alpha value is -2.41. The smallest absolute Gasteiger partial charge is 0.255 e. The maximum Gasteiger partial charge on any atom is 0.255 e. The fourth-order valence-corrected chi connectivity index (χ4v) is 6.20. The van der Waals surface area contributed by atoms with E-state index in [1.54, 1.807) is 0 Å². The maximum atomic E-state index is 14.7. The predicted octanol–water partition coefficient (Wildman–Crippen LogP) is 4.97. The average molecular weight is 445 g/mol. The lowest BCUT2D eigenvalue weighted by atomic mass is 9.63. The number of carbonyl (C=O) groups excluding carboxylic acids is 1. The van der Waals surface area contributed by atoms with Crippen molar-refractivity contribution in [2.24, 2.45) is 0 Å². The summed E-state index contributed by atoms with van der Waals surface area (Å²) in [6.07, 6.45) is 2.62. The highest BCUT2D eigenvalue weighted by Gasteiger charge is 2.37. The molecule has 0 aromatic heterocycles. The summed E-state index contributed by atoms with van der Waals surface area (Å²) in [5, 5.41) is 2.75. The largest absolute Gasteiger partial charge is 0.322 e. The molecule has 1 aliphatic carbocycles. The van der Waals surface area contributed by atoms with Crippen LogP contribution < -0.4 is 9.62 Å². The first-order chi connectivity index (χ1) is 14.4. The monoisotopic (exact) mass is 444 g/mol. The van der Waals surface area contributed by atoms with Crippen LogP contribution in [0.2, 0.25) is 0 Å². The van der Waals surface area contributed by atoms with Crippen molar-refractivity contribution in [1.82, 2.24) is 0 Å². The Morgan fingerprint density at radius 3 is 2.29 bits per heavy atom. The number of hydrogen-bond acceptors (Lipinski definition) is 3. The number of rotatable bonds is 3. The molecule has 0 radical (unpaired) electrons. The summed E-state index contributed by atoms with van der Waals surface area (Å²) in [5.41, 5.74) is 3.33. The average Bonchev–Trinajstić information content (AvgIpc) is 3.04. The second-order valence-corrected chi connectivity index (χ2v) is 11.9. The van der Waals surface area contributed by atoms with E-state index in [0.29, 0.717) is 17.7 Å². The number of amides is 1. The minimum atomic E-state index is -3.47. The van der Waals surface area contributed by atoms with Gasteiger partial charge in [-0.2, -0.15) is 0 Å². The Kier molecular flexibility index (Phi) is 5.16. The lowest BCUT2D eigenvalue weighted by Crippen LogP contribution is -2.34. The van der Waals surface area contributed by atoms with Gasteiger partial charge in [0.05, 0.1) is 11.4 Å². The highest BCUT2D eigenvalue weighted by Crippen LogP contribution is 2.46. The number of hydrogen-bond donors (Lipinski definition) is 1. The van der Waals surface area contributed by atoms with E-state index in [0.717, 1.165) is 17.1 Å². The molecule has 5 nitrogen and oxygen atoms in total. The standard InChI is InChI=1S/C24H29FN2O3S/c1-23(2)10-11-24(3,4)19-14-16(6-8-18(19)23)22(28)26-17-7-9-21(20(25)15-17)27-12-5-13-31(27,29)30/h6-9,14-15H,5,10-13H2,1-4H3,(H,26,28). The van der Waals surface area contributed by atoms with Gasteiger partial charge in [-0.15, -0.1) is 0 Å². The van der Waals surface area contributed by atoms with Crippen LogP contribution >= 0.6 is 0 Å². The van der Waals surface area contributed by atoms with Gasteiger partial charge in [0.25, 0.3) is 5.91 Å². The minimum Gasteiger partial charge on any atom is -0.322 e. The first kappa shape index (κ1) is 21.8. The van der Waals surface area contributed by atoms with Crippen LogP contribution in [0.4, 0.5) is 15.8 Å². The molecule has 1 saturated heterocycles. The fraction of sp³-hybridized carbons (Fsp3) is 0.458. The first-order valence-corrected chi connectivity index (χ1v) is 12.3. The van der Waals surface area contributed by atoms with Crippen LogP contribution in [0.15, 0.2) is 36.4 Å².